The summed E-state index contributed by atoms with van der Waals surface area (Å²) in [6.45, 7) is 9.20. The number of hydrogen-bond acceptors (Lipinski definition) is 1. The highest BCUT2D eigenvalue weighted by Crippen LogP contribution is 2.13. The third-order valence-corrected chi connectivity index (χ3v) is 2.13. The Morgan fingerprint density at radius 2 is 2.00 bits per heavy atom. The first kappa shape index (κ1) is 10.4. The van der Waals surface area contributed by atoms with Crippen LogP contribution in [0.5, 0.6) is 0 Å². The van der Waals surface area contributed by atoms with E-state index < -0.39 is 0 Å². The van der Waals surface area contributed by atoms with Crippen LogP contribution in [0, 0.1) is 5.92 Å². The third kappa shape index (κ3) is 3.38. The summed E-state index contributed by atoms with van der Waals surface area (Å²) in [6, 6.07) is 0. The Kier molecular flexibility index (Phi) is 4.88. The van der Waals surface area contributed by atoms with Crippen molar-refractivity contribution in [1.29, 1.82) is 0 Å². The second-order valence-corrected chi connectivity index (χ2v) is 3.00. The molecule has 0 saturated carbocycles. The lowest BCUT2D eigenvalue weighted by molar-refractivity contribution is 0.688. The molecular weight excluding hydrogens is 134 g/mol. The molecule has 0 heterocycles. The highest BCUT2D eigenvalue weighted by molar-refractivity contribution is 5.23. The highest BCUT2D eigenvalue weighted by atomic mass is 14.5. The van der Waals surface area contributed by atoms with Gasteiger partial charge in [-0.05, 0) is 33.2 Å². The van der Waals surface area contributed by atoms with Crippen molar-refractivity contribution in [2.75, 3.05) is 6.54 Å². The van der Waals surface area contributed by atoms with Gasteiger partial charge in [0.25, 0.3) is 0 Å². The van der Waals surface area contributed by atoms with Crippen LogP contribution in [0.15, 0.2) is 23.3 Å². The molecule has 0 amide bonds. The summed E-state index contributed by atoms with van der Waals surface area (Å²) >= 11 is 0. The van der Waals surface area contributed by atoms with Gasteiger partial charge in [0.05, 0.1) is 0 Å². The molecule has 0 radical (unpaired) electrons. The molecule has 0 bridgehead atoms. The average molecular weight is 153 g/mol. The van der Waals surface area contributed by atoms with Gasteiger partial charge in [-0.3, -0.25) is 0 Å². The van der Waals surface area contributed by atoms with Crippen LogP contribution in [0.1, 0.15) is 27.7 Å². The second kappa shape index (κ2) is 5.14. The molecule has 1 heteroatoms. The molecule has 0 aromatic rings. The van der Waals surface area contributed by atoms with Gasteiger partial charge in [-0.25, -0.2) is 0 Å². The first-order valence-electron chi connectivity index (χ1n) is 4.13. The SMILES string of the molecule is C/C=C\C(C)=C(/C)C(C)CN. The molecule has 1 atom stereocenters. The fourth-order valence-corrected chi connectivity index (χ4v) is 0.947. The van der Waals surface area contributed by atoms with E-state index in [9.17, 15) is 0 Å². The van der Waals surface area contributed by atoms with Crippen LogP contribution >= 0.6 is 0 Å². The van der Waals surface area contributed by atoms with Crippen LogP contribution in [-0.2, 0) is 0 Å². The predicted molar refractivity (Wildman–Crippen MR) is 51.4 cm³/mol. The summed E-state index contributed by atoms with van der Waals surface area (Å²) in [7, 11) is 0. The van der Waals surface area contributed by atoms with Gasteiger partial charge in [0, 0.05) is 0 Å². The van der Waals surface area contributed by atoms with E-state index in [2.05, 4.69) is 32.9 Å². The molecule has 1 unspecified atom stereocenters. The van der Waals surface area contributed by atoms with Crippen LogP contribution in [-0.4, -0.2) is 6.54 Å². The van der Waals surface area contributed by atoms with E-state index in [-0.39, 0.29) is 0 Å². The Morgan fingerprint density at radius 3 is 2.36 bits per heavy atom. The Labute approximate surface area is 70.0 Å². The van der Waals surface area contributed by atoms with Crippen LogP contribution < -0.4 is 5.73 Å². The van der Waals surface area contributed by atoms with E-state index in [0.717, 1.165) is 6.54 Å². The first-order chi connectivity index (χ1) is 5.13. The van der Waals surface area contributed by atoms with Gasteiger partial charge in [-0.15, -0.1) is 0 Å². The Bertz CT molecular complexity index is 166. The van der Waals surface area contributed by atoms with Crippen LogP contribution in [0.3, 0.4) is 0 Å². The van der Waals surface area contributed by atoms with Crippen LogP contribution in [0.2, 0.25) is 0 Å². The first-order valence-corrected chi connectivity index (χ1v) is 4.13. The zero-order valence-electron chi connectivity index (χ0n) is 8.02. The zero-order chi connectivity index (χ0) is 8.85. The van der Waals surface area contributed by atoms with Gasteiger partial charge in [-0.2, -0.15) is 0 Å². The van der Waals surface area contributed by atoms with E-state index in [1.165, 1.54) is 11.1 Å². The zero-order valence-corrected chi connectivity index (χ0v) is 8.02. The van der Waals surface area contributed by atoms with Gasteiger partial charge in [0.1, 0.15) is 0 Å². The van der Waals surface area contributed by atoms with E-state index in [4.69, 9.17) is 5.73 Å². The topological polar surface area (TPSA) is 26.0 Å². The number of hydrogen-bond donors (Lipinski definition) is 1. The minimum absolute atomic E-state index is 0.506. The largest absolute Gasteiger partial charge is 0.330 e. The monoisotopic (exact) mass is 153 g/mol. The molecule has 2 N–H and O–H groups in total. The standard InChI is InChI=1S/C10H19N/c1-5-6-8(2)10(4)9(3)7-11/h5-6,9H,7,11H2,1-4H3/b6-5-,10-8+. The molecule has 64 valence electrons. The normalized spacial score (nSPS) is 16.8. The van der Waals surface area contributed by atoms with E-state index in [1.54, 1.807) is 0 Å². The number of allylic oxidation sites excluding steroid dienone is 3. The summed E-state index contributed by atoms with van der Waals surface area (Å²) in [5.74, 6) is 0.506. The fourth-order valence-electron chi connectivity index (χ4n) is 0.947. The maximum atomic E-state index is 5.55. The smallest absolute Gasteiger partial charge is 0.00140 e. The molecular formula is C10H19N. The lowest BCUT2D eigenvalue weighted by atomic mass is 9.98. The van der Waals surface area contributed by atoms with Gasteiger partial charge in [0.15, 0.2) is 0 Å². The Hall–Kier alpha value is -0.560. The molecule has 0 aliphatic carbocycles. The number of nitrogens with two attached hydrogens (primary N) is 1. The molecule has 0 saturated heterocycles. The van der Waals surface area contributed by atoms with Gasteiger partial charge in [0.2, 0.25) is 0 Å². The third-order valence-electron chi connectivity index (χ3n) is 2.13. The van der Waals surface area contributed by atoms with Gasteiger partial charge >= 0.3 is 0 Å². The molecule has 1 nitrogen and oxygen atoms in total. The molecule has 0 spiro atoms. The Morgan fingerprint density at radius 1 is 1.45 bits per heavy atom. The van der Waals surface area contributed by atoms with Crippen LogP contribution in [0.25, 0.3) is 0 Å². The van der Waals surface area contributed by atoms with Crippen LogP contribution in [0.4, 0.5) is 0 Å². The molecule has 0 aromatic carbocycles. The van der Waals surface area contributed by atoms with Crippen molar-refractivity contribution in [2.24, 2.45) is 11.7 Å². The molecule has 0 aliphatic heterocycles. The van der Waals surface area contributed by atoms with Gasteiger partial charge < -0.3 is 5.73 Å². The summed E-state index contributed by atoms with van der Waals surface area (Å²) in [5, 5.41) is 0. The lowest BCUT2D eigenvalue weighted by Gasteiger charge is -2.10. The lowest BCUT2D eigenvalue weighted by Crippen LogP contribution is -2.12. The molecule has 0 rings (SSSR count). The van der Waals surface area contributed by atoms with Crippen molar-refractivity contribution < 1.29 is 0 Å². The summed E-state index contributed by atoms with van der Waals surface area (Å²) in [4.78, 5) is 0. The summed E-state index contributed by atoms with van der Waals surface area (Å²) in [6.07, 6.45) is 4.18. The molecule has 0 fully saturated rings. The second-order valence-electron chi connectivity index (χ2n) is 3.00. The summed E-state index contributed by atoms with van der Waals surface area (Å²) < 4.78 is 0. The number of rotatable bonds is 3. The van der Waals surface area contributed by atoms with Crippen molar-refractivity contribution in [1.82, 2.24) is 0 Å². The predicted octanol–water partition coefficient (Wildman–Crippen LogP) is 2.49. The molecule has 0 aromatic heterocycles. The maximum absolute atomic E-state index is 5.55. The average Bonchev–Trinajstić information content (AvgIpc) is 2.02. The van der Waals surface area contributed by atoms with Crippen molar-refractivity contribution in [3.8, 4) is 0 Å². The quantitative estimate of drug-likeness (QED) is 0.619. The maximum Gasteiger partial charge on any atom is -0.00140 e. The van der Waals surface area contributed by atoms with Gasteiger partial charge in [-0.1, -0.05) is 30.2 Å². The van der Waals surface area contributed by atoms with Crippen molar-refractivity contribution in [3.63, 3.8) is 0 Å². The van der Waals surface area contributed by atoms with Crippen molar-refractivity contribution in [3.05, 3.63) is 23.3 Å². The van der Waals surface area contributed by atoms with E-state index >= 15 is 0 Å². The van der Waals surface area contributed by atoms with E-state index in [0.29, 0.717) is 5.92 Å². The van der Waals surface area contributed by atoms with Crippen molar-refractivity contribution in [2.45, 2.75) is 27.7 Å². The van der Waals surface area contributed by atoms with Crippen molar-refractivity contribution >= 4 is 0 Å². The minimum Gasteiger partial charge on any atom is -0.330 e. The van der Waals surface area contributed by atoms with E-state index in [1.807, 2.05) is 6.92 Å². The summed E-state index contributed by atoms with van der Waals surface area (Å²) in [5.41, 5.74) is 8.28. The highest BCUT2D eigenvalue weighted by Gasteiger charge is 2.02. The minimum atomic E-state index is 0.506. The molecule has 11 heavy (non-hydrogen) atoms. The Balaban J connectivity index is 4.38. The molecule has 0 aliphatic rings. The fraction of sp³-hybridized carbons (Fsp3) is 0.600.